The summed E-state index contributed by atoms with van der Waals surface area (Å²) in [5, 5.41) is 25.0. The fourth-order valence-electron chi connectivity index (χ4n) is 11.0. The number of nitrogen functional groups attached to an aromatic ring is 1. The molecule has 2 aliphatic heterocycles. The van der Waals surface area contributed by atoms with Crippen LogP contribution in [0.25, 0.3) is 0 Å². The zero-order valence-electron chi connectivity index (χ0n) is 46.1. The summed E-state index contributed by atoms with van der Waals surface area (Å²) in [6.07, 6.45) is 13.2. The van der Waals surface area contributed by atoms with E-state index >= 15 is 0 Å². The summed E-state index contributed by atoms with van der Waals surface area (Å²) in [6.45, 7) is 17.1. The minimum Gasteiger partial charge on any atom is -0.399 e. The lowest BCUT2D eigenvalue weighted by Crippen LogP contribution is -2.60. The highest BCUT2D eigenvalue weighted by molar-refractivity contribution is 6.01. The lowest BCUT2D eigenvalue weighted by molar-refractivity contribution is -0.144. The van der Waals surface area contributed by atoms with Gasteiger partial charge in [0.05, 0.1) is 12.1 Å². The van der Waals surface area contributed by atoms with Crippen LogP contribution in [0, 0.1) is 22.7 Å². The first kappa shape index (κ1) is 64.1. The standard InChI is InChI=1S/C54H91N11O7.2ClH/c1-33(56-9)46(66)62-44(53(3,4)5)51(71)64-25-17-23-40(64)30-58-41(35-19-13-11-14-20-35)31-59-48(68)37-27-38(29-39(55)28-37)49(69)60-32-42(36-21-15-12-16-22-36)61-50(70)43-24-18-26-65(43)52(72)45(54(6,7)8)63-47(67)34(2)57-10;;/h27-29,33-36,40-45,56-58H,11-26,30-32,55H2,1-10H3,(H,59,68)(H,60,69)(H,61,70)(H,62,66)(H,63,67);2*1H/t33-,34-,40?,41+,42+,43?,44+,45+;;/m0../s1. The molecule has 5 rings (SSSR count). The predicted octanol–water partition coefficient (Wildman–Crippen LogP) is 4.44. The van der Waals surface area contributed by atoms with Gasteiger partial charge in [0.1, 0.15) is 18.1 Å². The highest BCUT2D eigenvalue weighted by Crippen LogP contribution is 2.31. The Morgan fingerprint density at radius 3 is 1.49 bits per heavy atom. The second-order valence-electron chi connectivity index (χ2n) is 23.3. The molecule has 4 fully saturated rings. The number of rotatable bonds is 21. The van der Waals surface area contributed by atoms with Crippen molar-refractivity contribution in [3.8, 4) is 0 Å². The fourth-order valence-corrected chi connectivity index (χ4v) is 11.0. The molecule has 74 heavy (non-hydrogen) atoms. The topological polar surface area (TPSA) is 248 Å². The van der Waals surface area contributed by atoms with Gasteiger partial charge < -0.3 is 58.1 Å². The van der Waals surface area contributed by atoms with Crippen LogP contribution < -0.4 is 48.3 Å². The van der Waals surface area contributed by atoms with Gasteiger partial charge in [0.25, 0.3) is 11.8 Å². The van der Waals surface area contributed by atoms with Crippen LogP contribution >= 0.6 is 24.8 Å². The van der Waals surface area contributed by atoms with Crippen LogP contribution in [0.15, 0.2) is 18.2 Å². The van der Waals surface area contributed by atoms with Gasteiger partial charge in [0.15, 0.2) is 0 Å². The smallest absolute Gasteiger partial charge is 0.251 e. The average molecular weight is 1080 g/mol. The molecule has 2 aliphatic carbocycles. The molecular formula is C54H93Cl2N11O7. The summed E-state index contributed by atoms with van der Waals surface area (Å²) in [6, 6.07) is 0.957. The highest BCUT2D eigenvalue weighted by atomic mass is 35.5. The van der Waals surface area contributed by atoms with Crippen LogP contribution in [0.4, 0.5) is 5.69 Å². The first-order valence-electron chi connectivity index (χ1n) is 27.1. The number of nitrogens with one attached hydrogen (secondary N) is 8. The largest absolute Gasteiger partial charge is 0.399 e. The molecule has 7 amide bonds. The van der Waals surface area contributed by atoms with E-state index in [1.54, 1.807) is 51.0 Å². The van der Waals surface area contributed by atoms with Crippen molar-refractivity contribution in [3.63, 3.8) is 0 Å². The summed E-state index contributed by atoms with van der Waals surface area (Å²) in [5.41, 5.74) is 5.99. The number of halogens is 2. The lowest BCUT2D eigenvalue weighted by Gasteiger charge is -2.37. The quantitative estimate of drug-likeness (QED) is 0.0780. The van der Waals surface area contributed by atoms with Crippen molar-refractivity contribution in [1.29, 1.82) is 0 Å². The molecule has 0 bridgehead atoms. The summed E-state index contributed by atoms with van der Waals surface area (Å²) in [4.78, 5) is 99.8. The third-order valence-corrected chi connectivity index (χ3v) is 15.8. The zero-order valence-corrected chi connectivity index (χ0v) is 47.7. The maximum atomic E-state index is 14.2. The van der Waals surface area contributed by atoms with E-state index in [1.807, 2.05) is 46.4 Å². The molecule has 10 N–H and O–H groups in total. The Bertz CT molecular complexity index is 2040. The van der Waals surface area contributed by atoms with Crippen LogP contribution in [-0.4, -0.2) is 146 Å². The number of hydrogen-bond acceptors (Lipinski definition) is 11. The van der Waals surface area contributed by atoms with E-state index in [-0.39, 0.29) is 102 Å². The number of carbonyl (C=O) groups is 7. The van der Waals surface area contributed by atoms with Crippen molar-refractivity contribution in [3.05, 3.63) is 29.3 Å². The van der Waals surface area contributed by atoms with E-state index < -0.39 is 53.0 Å². The molecule has 18 nitrogen and oxygen atoms in total. The third kappa shape index (κ3) is 17.7. The molecule has 0 aromatic heterocycles. The van der Waals surface area contributed by atoms with Crippen LogP contribution in [0.2, 0.25) is 0 Å². The number of nitrogens with zero attached hydrogens (tertiary/aromatic N) is 2. The van der Waals surface area contributed by atoms with Gasteiger partial charge in [-0.1, -0.05) is 80.1 Å². The molecule has 1 aromatic rings. The Morgan fingerprint density at radius 2 is 1.01 bits per heavy atom. The van der Waals surface area contributed by atoms with Crippen molar-refractivity contribution in [2.24, 2.45) is 22.7 Å². The van der Waals surface area contributed by atoms with Crippen molar-refractivity contribution in [1.82, 2.24) is 52.3 Å². The zero-order chi connectivity index (χ0) is 52.9. The number of likely N-dealkylation sites (N-methyl/N-ethyl adjacent to an activating group) is 2. The Kier molecular flexibility index (Phi) is 25.4. The summed E-state index contributed by atoms with van der Waals surface area (Å²) >= 11 is 0. The Labute approximate surface area is 454 Å². The summed E-state index contributed by atoms with van der Waals surface area (Å²) in [5.74, 6) is -1.51. The molecule has 2 saturated heterocycles. The van der Waals surface area contributed by atoms with Gasteiger partial charge >= 0.3 is 0 Å². The second-order valence-corrected chi connectivity index (χ2v) is 23.3. The second kappa shape index (κ2) is 29.3. The molecule has 4 aliphatic rings. The summed E-state index contributed by atoms with van der Waals surface area (Å²) in [7, 11) is 3.40. The Hall–Kier alpha value is -4.23. The molecule has 20 heteroatoms. The van der Waals surface area contributed by atoms with Crippen molar-refractivity contribution in [2.45, 2.75) is 194 Å². The monoisotopic (exact) mass is 1080 g/mol. The normalized spacial score (nSPS) is 21.1. The predicted molar refractivity (Wildman–Crippen MR) is 296 cm³/mol. The molecule has 420 valence electrons. The first-order chi connectivity index (χ1) is 34.0. The van der Waals surface area contributed by atoms with Crippen LogP contribution in [0.3, 0.4) is 0 Å². The number of anilines is 1. The van der Waals surface area contributed by atoms with E-state index in [0.29, 0.717) is 44.9 Å². The SMILES string of the molecule is CN[C@@H](C)C(=O)N[C@H](C(=O)N1CCCC1CN[C@H](CNC(=O)c1cc(N)cc(C(=O)NC[C@@H](NC(=O)C2CCCN2C(=O)[C@@H](NC(=O)[C@H](C)NC)C(C)(C)C)C2CCCCC2)c1)C1CCCCC1)C(C)(C)C.Cl.Cl. The number of benzene rings is 1. The minimum absolute atomic E-state index is 0. The first-order valence-corrected chi connectivity index (χ1v) is 27.1. The van der Waals surface area contributed by atoms with Gasteiger partial charge in [0, 0.05) is 67.7 Å². The van der Waals surface area contributed by atoms with Crippen molar-refractivity contribution in [2.75, 3.05) is 52.6 Å². The van der Waals surface area contributed by atoms with E-state index in [1.165, 1.54) is 6.42 Å². The van der Waals surface area contributed by atoms with Crippen LogP contribution in [-0.2, 0) is 24.0 Å². The fraction of sp³-hybridized carbons (Fsp3) is 0.759. The maximum absolute atomic E-state index is 14.2. The molecule has 1 aromatic carbocycles. The van der Waals surface area contributed by atoms with Gasteiger partial charge in [-0.3, -0.25) is 33.6 Å². The Morgan fingerprint density at radius 1 is 0.581 bits per heavy atom. The molecular weight excluding hydrogens is 986 g/mol. The molecule has 0 radical (unpaired) electrons. The molecule has 2 saturated carbocycles. The van der Waals surface area contributed by atoms with Gasteiger partial charge in [-0.2, -0.15) is 0 Å². The average Bonchev–Trinajstić information content (AvgIpc) is 4.05. The molecule has 2 unspecified atom stereocenters. The molecule has 8 atom stereocenters. The van der Waals surface area contributed by atoms with Gasteiger partial charge in [-0.25, -0.2) is 0 Å². The van der Waals surface area contributed by atoms with E-state index in [9.17, 15) is 33.6 Å². The molecule has 2 heterocycles. The number of amides is 7. The number of hydrogen-bond donors (Lipinski definition) is 9. The number of carbonyl (C=O) groups excluding carboxylic acids is 7. The van der Waals surface area contributed by atoms with Crippen LogP contribution in [0.1, 0.15) is 166 Å². The van der Waals surface area contributed by atoms with E-state index in [2.05, 4.69) is 42.5 Å². The van der Waals surface area contributed by atoms with Gasteiger partial charge in [-0.15, -0.1) is 24.8 Å². The van der Waals surface area contributed by atoms with Gasteiger partial charge in [-0.05, 0) is 120 Å². The summed E-state index contributed by atoms with van der Waals surface area (Å²) < 4.78 is 0. The highest BCUT2D eigenvalue weighted by Gasteiger charge is 2.44. The number of nitrogens with two attached hydrogens (primary N) is 1. The lowest BCUT2D eigenvalue weighted by atomic mass is 9.83. The minimum atomic E-state index is -0.836. The number of likely N-dealkylation sites (tertiary alicyclic amines) is 2. The van der Waals surface area contributed by atoms with E-state index in [4.69, 9.17) is 5.73 Å². The van der Waals surface area contributed by atoms with E-state index in [0.717, 1.165) is 70.6 Å². The Balaban J connectivity index is 0.00000722. The van der Waals surface area contributed by atoms with Crippen molar-refractivity contribution >= 4 is 71.9 Å². The third-order valence-electron chi connectivity index (χ3n) is 15.8. The van der Waals surface area contributed by atoms with Gasteiger partial charge in [0.2, 0.25) is 29.5 Å². The molecule has 0 spiro atoms. The maximum Gasteiger partial charge on any atom is 0.251 e. The van der Waals surface area contributed by atoms with Crippen molar-refractivity contribution < 1.29 is 33.6 Å². The van der Waals surface area contributed by atoms with Crippen LogP contribution in [0.5, 0.6) is 0 Å².